The highest BCUT2D eigenvalue weighted by atomic mass is 16.7. The van der Waals surface area contributed by atoms with E-state index in [-0.39, 0.29) is 41.0 Å². The van der Waals surface area contributed by atoms with Gasteiger partial charge < -0.3 is 14.6 Å². The quantitative estimate of drug-likeness (QED) is 0.479. The van der Waals surface area contributed by atoms with Gasteiger partial charge in [0.1, 0.15) is 12.6 Å². The molecule has 0 aromatic heterocycles. The number of carbonyl (C=O) groups is 1. The van der Waals surface area contributed by atoms with Crippen LogP contribution in [0.25, 0.3) is 0 Å². The maximum Gasteiger partial charge on any atom is 0.147 e. The van der Waals surface area contributed by atoms with E-state index in [2.05, 4.69) is 39.8 Å². The topological polar surface area (TPSA) is 55.8 Å². The Balaban J connectivity index is 1.60. The van der Waals surface area contributed by atoms with E-state index in [1.54, 1.807) is 0 Å². The minimum atomic E-state index is -0.479. The molecule has 0 saturated heterocycles. The van der Waals surface area contributed by atoms with Gasteiger partial charge in [-0.3, -0.25) is 4.79 Å². The van der Waals surface area contributed by atoms with Crippen LogP contribution < -0.4 is 0 Å². The molecule has 2 bridgehead atoms. The molecule has 4 heteroatoms. The van der Waals surface area contributed by atoms with Gasteiger partial charge in [0.15, 0.2) is 0 Å². The minimum Gasteiger partial charge on any atom is -0.393 e. The number of rotatable bonds is 6. The van der Waals surface area contributed by atoms with Crippen molar-refractivity contribution in [2.75, 3.05) is 6.79 Å². The first kappa shape index (κ1) is 22.9. The molecule has 3 fully saturated rings. The average Bonchev–Trinajstić information content (AvgIpc) is 3.12. The fourth-order valence-electron chi connectivity index (χ4n) is 7.52. The standard InChI is InChI=1S/C27H40O4/c1-5-25(3)16-22(29)26(4)13-9-14-27(15-12-21(28)23(26)27)19(2)24(25)31-18-30-17-20-10-7-6-8-11-20/h6-8,10-11,19,22-24,29H,5,9,12-18H2,1-4H3/t19-,22+,23?,24-,25+,26-,27-/m0/s1. The molecule has 0 spiro atoms. The first-order valence-electron chi connectivity index (χ1n) is 12.2. The summed E-state index contributed by atoms with van der Waals surface area (Å²) in [6.07, 6.45) is 5.77. The zero-order valence-corrected chi connectivity index (χ0v) is 19.7. The largest absolute Gasteiger partial charge is 0.393 e. The summed E-state index contributed by atoms with van der Waals surface area (Å²) in [6.45, 7) is 9.73. The fourth-order valence-corrected chi connectivity index (χ4v) is 7.52. The normalized spacial score (nSPS) is 42.7. The summed E-state index contributed by atoms with van der Waals surface area (Å²) in [5, 5.41) is 11.5. The van der Waals surface area contributed by atoms with E-state index in [9.17, 15) is 9.90 Å². The van der Waals surface area contributed by atoms with Gasteiger partial charge in [-0.15, -0.1) is 0 Å². The summed E-state index contributed by atoms with van der Waals surface area (Å²) in [4.78, 5) is 13.2. The Kier molecular flexibility index (Phi) is 6.37. The molecule has 3 aliphatic rings. The van der Waals surface area contributed by atoms with Crippen molar-refractivity contribution in [3.8, 4) is 0 Å². The third kappa shape index (κ3) is 3.79. The van der Waals surface area contributed by atoms with Gasteiger partial charge in [-0.1, -0.05) is 64.4 Å². The van der Waals surface area contributed by atoms with Crippen molar-refractivity contribution in [3.63, 3.8) is 0 Å². The number of hydrogen-bond acceptors (Lipinski definition) is 4. The molecule has 31 heavy (non-hydrogen) atoms. The van der Waals surface area contributed by atoms with Gasteiger partial charge >= 0.3 is 0 Å². The molecular formula is C27H40O4. The molecule has 0 aliphatic heterocycles. The second-order valence-electron chi connectivity index (χ2n) is 11.0. The van der Waals surface area contributed by atoms with Crippen molar-refractivity contribution >= 4 is 5.78 Å². The highest BCUT2D eigenvalue weighted by Crippen LogP contribution is 2.66. The highest BCUT2D eigenvalue weighted by Gasteiger charge is 2.65. The first-order valence-corrected chi connectivity index (χ1v) is 12.2. The molecular weight excluding hydrogens is 388 g/mol. The van der Waals surface area contributed by atoms with Crippen LogP contribution in [-0.4, -0.2) is 29.9 Å². The molecule has 4 rings (SSSR count). The summed E-state index contributed by atoms with van der Waals surface area (Å²) in [5.41, 5.74) is 0.600. The van der Waals surface area contributed by atoms with Crippen molar-refractivity contribution < 1.29 is 19.4 Å². The molecule has 4 nitrogen and oxygen atoms in total. The zero-order chi connectivity index (χ0) is 22.3. The zero-order valence-electron chi connectivity index (χ0n) is 19.7. The second kappa shape index (κ2) is 8.61. The van der Waals surface area contributed by atoms with Gasteiger partial charge in [-0.25, -0.2) is 0 Å². The molecule has 3 saturated carbocycles. The molecule has 3 aliphatic carbocycles. The van der Waals surface area contributed by atoms with Crippen molar-refractivity contribution in [2.24, 2.45) is 28.1 Å². The van der Waals surface area contributed by atoms with Crippen molar-refractivity contribution in [3.05, 3.63) is 35.9 Å². The summed E-state index contributed by atoms with van der Waals surface area (Å²) < 4.78 is 12.4. The van der Waals surface area contributed by atoms with Crippen LogP contribution in [0.15, 0.2) is 30.3 Å². The van der Waals surface area contributed by atoms with E-state index in [1.807, 2.05) is 18.2 Å². The maximum atomic E-state index is 13.2. The number of aliphatic hydroxyl groups is 1. The number of ether oxygens (including phenoxy) is 2. The van der Waals surface area contributed by atoms with Gasteiger partial charge in [0.25, 0.3) is 0 Å². The lowest BCUT2D eigenvalue weighted by atomic mass is 9.46. The van der Waals surface area contributed by atoms with Crippen LogP contribution in [0.1, 0.15) is 78.2 Å². The lowest BCUT2D eigenvalue weighted by molar-refractivity contribution is -0.217. The fraction of sp³-hybridized carbons (Fsp3) is 0.741. The monoisotopic (exact) mass is 428 g/mol. The highest BCUT2D eigenvalue weighted by molar-refractivity contribution is 5.85. The number of benzene rings is 1. The molecule has 0 heterocycles. The van der Waals surface area contributed by atoms with Crippen LogP contribution in [0, 0.1) is 28.1 Å². The Morgan fingerprint density at radius 3 is 2.58 bits per heavy atom. The first-order chi connectivity index (χ1) is 14.8. The van der Waals surface area contributed by atoms with Crippen LogP contribution in [0.4, 0.5) is 0 Å². The van der Waals surface area contributed by atoms with E-state index < -0.39 is 6.10 Å². The van der Waals surface area contributed by atoms with Gasteiger partial charge in [-0.2, -0.15) is 0 Å². The number of ketones is 1. The summed E-state index contributed by atoms with van der Waals surface area (Å²) in [7, 11) is 0. The number of aliphatic hydroxyl groups excluding tert-OH is 1. The van der Waals surface area contributed by atoms with Crippen LogP contribution in [0.5, 0.6) is 0 Å². The Hall–Kier alpha value is -1.23. The van der Waals surface area contributed by atoms with Gasteiger partial charge in [-0.05, 0) is 54.4 Å². The van der Waals surface area contributed by atoms with Crippen LogP contribution in [0.2, 0.25) is 0 Å². The SMILES string of the molecule is CC[C@]1(C)C[C@@H](O)[C@]2(C)CCC[C@]3(CCC(=O)C32)[C@@H](C)[C@@H]1OCOCc1ccccc1. The molecule has 172 valence electrons. The number of carbonyl (C=O) groups excluding carboxylic acids is 1. The van der Waals surface area contributed by atoms with Crippen LogP contribution in [0.3, 0.4) is 0 Å². The van der Waals surface area contributed by atoms with Gasteiger partial charge in [0.2, 0.25) is 0 Å². The Labute approximate surface area is 187 Å². The Morgan fingerprint density at radius 2 is 1.87 bits per heavy atom. The van der Waals surface area contributed by atoms with E-state index in [1.165, 1.54) is 0 Å². The molecule has 7 atom stereocenters. The van der Waals surface area contributed by atoms with Crippen molar-refractivity contribution in [1.82, 2.24) is 0 Å². The third-order valence-corrected chi connectivity index (χ3v) is 9.47. The molecule has 0 amide bonds. The molecule has 1 N–H and O–H groups in total. The lowest BCUT2D eigenvalue weighted by Gasteiger charge is -2.60. The molecule has 1 unspecified atom stereocenters. The smallest absolute Gasteiger partial charge is 0.147 e. The van der Waals surface area contributed by atoms with Crippen molar-refractivity contribution in [1.29, 1.82) is 0 Å². The van der Waals surface area contributed by atoms with Gasteiger partial charge in [0, 0.05) is 17.8 Å². The Bertz CT molecular complexity index is 779. The molecule has 1 aromatic carbocycles. The Morgan fingerprint density at radius 1 is 1.13 bits per heavy atom. The summed E-state index contributed by atoms with van der Waals surface area (Å²) >= 11 is 0. The maximum absolute atomic E-state index is 13.2. The number of Topliss-reactive ketones (excluding diaryl/α,β-unsaturated/α-hetero) is 1. The summed E-state index contributed by atoms with van der Waals surface area (Å²) in [5.74, 6) is 0.574. The van der Waals surface area contributed by atoms with Crippen molar-refractivity contribution in [2.45, 2.75) is 91.5 Å². The van der Waals surface area contributed by atoms with E-state index in [0.717, 1.165) is 37.7 Å². The molecule has 0 radical (unpaired) electrons. The third-order valence-electron chi connectivity index (χ3n) is 9.47. The van der Waals surface area contributed by atoms with E-state index >= 15 is 0 Å². The van der Waals surface area contributed by atoms with Crippen LogP contribution in [-0.2, 0) is 20.9 Å². The van der Waals surface area contributed by atoms with Gasteiger partial charge in [0.05, 0.1) is 18.8 Å². The van der Waals surface area contributed by atoms with E-state index in [4.69, 9.17) is 9.47 Å². The predicted octanol–water partition coefficient (Wildman–Crippen LogP) is 5.52. The lowest BCUT2D eigenvalue weighted by Crippen LogP contribution is -2.60. The van der Waals surface area contributed by atoms with Crippen LogP contribution >= 0.6 is 0 Å². The predicted molar refractivity (Wildman–Crippen MR) is 121 cm³/mol. The summed E-state index contributed by atoms with van der Waals surface area (Å²) in [6, 6.07) is 10.2. The average molecular weight is 429 g/mol. The minimum absolute atomic E-state index is 0.0426. The van der Waals surface area contributed by atoms with E-state index in [0.29, 0.717) is 25.2 Å². The number of hydrogen-bond donors (Lipinski definition) is 1. The molecule has 1 aromatic rings. The second-order valence-corrected chi connectivity index (χ2v) is 11.0.